The molecule has 1 N–H and O–H groups in total. The van der Waals surface area contributed by atoms with Crippen molar-refractivity contribution in [2.75, 3.05) is 18.4 Å². The zero-order valence-corrected chi connectivity index (χ0v) is 11.7. The summed E-state index contributed by atoms with van der Waals surface area (Å²) in [7, 11) is 0. The molecule has 2 aromatic rings. The first-order chi connectivity index (χ1) is 10.3. The second kappa shape index (κ2) is 6.31. The maximum Gasteiger partial charge on any atom is 0.246 e. The van der Waals surface area contributed by atoms with E-state index in [1.807, 2.05) is 41.3 Å². The van der Waals surface area contributed by atoms with Crippen molar-refractivity contribution in [3.8, 4) is 0 Å². The molecular formula is C17H18N2O2. The zero-order chi connectivity index (χ0) is 14.5. The van der Waals surface area contributed by atoms with Gasteiger partial charge in [0.2, 0.25) is 5.91 Å². The number of likely N-dealkylation sites (tertiary alicyclic amines) is 1. The van der Waals surface area contributed by atoms with Gasteiger partial charge in [-0.25, -0.2) is 0 Å². The maximum atomic E-state index is 12.1. The van der Waals surface area contributed by atoms with Crippen molar-refractivity contribution in [2.24, 2.45) is 0 Å². The Kier molecular flexibility index (Phi) is 4.05. The van der Waals surface area contributed by atoms with E-state index in [1.54, 1.807) is 24.5 Å². The fraction of sp³-hybridized carbons (Fsp3) is 0.235. The van der Waals surface area contributed by atoms with Gasteiger partial charge in [-0.05, 0) is 36.8 Å². The summed E-state index contributed by atoms with van der Waals surface area (Å²) >= 11 is 0. The van der Waals surface area contributed by atoms with Crippen LogP contribution in [0.4, 0.5) is 5.69 Å². The van der Waals surface area contributed by atoms with Crippen molar-refractivity contribution in [3.05, 3.63) is 60.6 Å². The Labute approximate surface area is 124 Å². The van der Waals surface area contributed by atoms with Gasteiger partial charge in [-0.2, -0.15) is 0 Å². The number of carbonyl (C=O) groups excluding carboxylic acids is 1. The number of para-hydroxylation sites is 1. The minimum atomic E-state index is 0.0313. The van der Waals surface area contributed by atoms with E-state index in [4.69, 9.17) is 4.42 Å². The van der Waals surface area contributed by atoms with Gasteiger partial charge in [-0.3, -0.25) is 4.79 Å². The summed E-state index contributed by atoms with van der Waals surface area (Å²) in [5.74, 6) is 0.727. The number of amides is 1. The monoisotopic (exact) mass is 282 g/mol. The number of hydrogen-bond acceptors (Lipinski definition) is 3. The smallest absolute Gasteiger partial charge is 0.246 e. The molecule has 0 spiro atoms. The summed E-state index contributed by atoms with van der Waals surface area (Å²) in [5, 5.41) is 3.46. The SMILES string of the molecule is O=C(/C=C/c1ccco1)N1CC[C@@H](Nc2ccccc2)C1. The van der Waals surface area contributed by atoms with Gasteiger partial charge in [-0.1, -0.05) is 18.2 Å². The van der Waals surface area contributed by atoms with Gasteiger partial charge in [0.15, 0.2) is 0 Å². The van der Waals surface area contributed by atoms with Crippen LogP contribution in [0.1, 0.15) is 12.2 Å². The van der Waals surface area contributed by atoms with Crippen molar-refractivity contribution in [1.29, 1.82) is 0 Å². The van der Waals surface area contributed by atoms with Gasteiger partial charge >= 0.3 is 0 Å². The Balaban J connectivity index is 1.53. The van der Waals surface area contributed by atoms with Crippen LogP contribution >= 0.6 is 0 Å². The van der Waals surface area contributed by atoms with E-state index in [9.17, 15) is 4.79 Å². The van der Waals surface area contributed by atoms with E-state index >= 15 is 0 Å². The predicted octanol–water partition coefficient (Wildman–Crippen LogP) is 3.01. The van der Waals surface area contributed by atoms with Crippen LogP contribution in [0.2, 0.25) is 0 Å². The number of furan rings is 1. The topological polar surface area (TPSA) is 45.5 Å². The molecule has 1 aliphatic heterocycles. The van der Waals surface area contributed by atoms with Crippen molar-refractivity contribution in [2.45, 2.75) is 12.5 Å². The van der Waals surface area contributed by atoms with Crippen LogP contribution in [0.5, 0.6) is 0 Å². The second-order valence-electron chi connectivity index (χ2n) is 5.13. The molecule has 4 nitrogen and oxygen atoms in total. The van der Waals surface area contributed by atoms with E-state index in [1.165, 1.54) is 0 Å². The number of benzene rings is 1. The summed E-state index contributed by atoms with van der Waals surface area (Å²) < 4.78 is 5.18. The van der Waals surface area contributed by atoms with Crippen LogP contribution in [-0.2, 0) is 4.79 Å². The average molecular weight is 282 g/mol. The second-order valence-corrected chi connectivity index (χ2v) is 5.13. The molecule has 0 aliphatic carbocycles. The first-order valence-corrected chi connectivity index (χ1v) is 7.13. The first-order valence-electron chi connectivity index (χ1n) is 7.13. The maximum absolute atomic E-state index is 12.1. The third-order valence-electron chi connectivity index (χ3n) is 3.58. The molecule has 0 unspecified atom stereocenters. The summed E-state index contributed by atoms with van der Waals surface area (Å²) in [6.07, 6.45) is 5.85. The standard InChI is InChI=1S/C17H18N2O2/c20-17(9-8-16-7-4-12-21-16)19-11-10-15(13-19)18-14-5-2-1-3-6-14/h1-9,12,15,18H,10-11,13H2/b9-8+/t15-/m1/s1. The summed E-state index contributed by atoms with van der Waals surface area (Å²) in [4.78, 5) is 14.0. The first kappa shape index (κ1) is 13.5. The molecule has 0 saturated carbocycles. The van der Waals surface area contributed by atoms with Crippen LogP contribution in [0, 0.1) is 0 Å². The summed E-state index contributed by atoms with van der Waals surface area (Å²) in [6.45, 7) is 1.52. The molecule has 4 heteroatoms. The van der Waals surface area contributed by atoms with Crippen LogP contribution in [0.25, 0.3) is 6.08 Å². The Hall–Kier alpha value is -2.49. The molecule has 1 aromatic heterocycles. The third-order valence-corrected chi connectivity index (χ3v) is 3.58. The van der Waals surface area contributed by atoms with Crippen LogP contribution in [0.15, 0.2) is 59.2 Å². The lowest BCUT2D eigenvalue weighted by atomic mass is 10.2. The number of anilines is 1. The Morgan fingerprint density at radius 2 is 2.10 bits per heavy atom. The van der Waals surface area contributed by atoms with E-state index in [0.29, 0.717) is 11.8 Å². The molecule has 1 aromatic carbocycles. The molecule has 3 rings (SSSR count). The highest BCUT2D eigenvalue weighted by molar-refractivity contribution is 5.91. The van der Waals surface area contributed by atoms with Crippen LogP contribution in [0.3, 0.4) is 0 Å². The Bertz CT molecular complexity index is 605. The fourth-order valence-electron chi connectivity index (χ4n) is 2.49. The summed E-state index contributed by atoms with van der Waals surface area (Å²) in [6, 6.07) is 14.0. The number of rotatable bonds is 4. The number of hydrogen-bond donors (Lipinski definition) is 1. The van der Waals surface area contributed by atoms with Gasteiger partial charge in [0.25, 0.3) is 0 Å². The Morgan fingerprint density at radius 1 is 1.24 bits per heavy atom. The molecule has 0 bridgehead atoms. The largest absolute Gasteiger partial charge is 0.465 e. The van der Waals surface area contributed by atoms with E-state index in [2.05, 4.69) is 5.32 Å². The predicted molar refractivity (Wildman–Crippen MR) is 82.8 cm³/mol. The van der Waals surface area contributed by atoms with Crippen molar-refractivity contribution in [3.63, 3.8) is 0 Å². The summed E-state index contributed by atoms with van der Waals surface area (Å²) in [5.41, 5.74) is 1.10. The van der Waals surface area contributed by atoms with Crippen LogP contribution < -0.4 is 5.32 Å². The highest BCUT2D eigenvalue weighted by Gasteiger charge is 2.24. The highest BCUT2D eigenvalue weighted by Crippen LogP contribution is 2.16. The minimum Gasteiger partial charge on any atom is -0.465 e. The molecule has 1 saturated heterocycles. The van der Waals surface area contributed by atoms with E-state index in [-0.39, 0.29) is 5.91 Å². The highest BCUT2D eigenvalue weighted by atomic mass is 16.3. The number of nitrogens with zero attached hydrogens (tertiary/aromatic N) is 1. The molecule has 21 heavy (non-hydrogen) atoms. The van der Waals surface area contributed by atoms with Gasteiger partial charge < -0.3 is 14.6 Å². The molecule has 1 atom stereocenters. The third kappa shape index (κ3) is 3.54. The zero-order valence-electron chi connectivity index (χ0n) is 11.7. The molecule has 1 fully saturated rings. The van der Waals surface area contributed by atoms with Gasteiger partial charge in [0.1, 0.15) is 5.76 Å². The number of carbonyl (C=O) groups is 1. The molecule has 1 aliphatic rings. The van der Waals surface area contributed by atoms with Gasteiger partial charge in [-0.15, -0.1) is 0 Å². The fourth-order valence-corrected chi connectivity index (χ4v) is 2.49. The van der Waals surface area contributed by atoms with Gasteiger partial charge in [0, 0.05) is 30.9 Å². The minimum absolute atomic E-state index is 0.0313. The molecule has 0 radical (unpaired) electrons. The van der Waals surface area contributed by atoms with E-state index < -0.39 is 0 Å². The normalized spacial score (nSPS) is 18.3. The average Bonchev–Trinajstić information content (AvgIpc) is 3.17. The Morgan fingerprint density at radius 3 is 2.86 bits per heavy atom. The van der Waals surface area contributed by atoms with Crippen molar-refractivity contribution in [1.82, 2.24) is 4.90 Å². The lowest BCUT2D eigenvalue weighted by Gasteiger charge is -2.16. The molecule has 2 heterocycles. The lowest BCUT2D eigenvalue weighted by Crippen LogP contribution is -2.30. The molecular weight excluding hydrogens is 264 g/mol. The molecule has 1 amide bonds. The molecule has 108 valence electrons. The van der Waals surface area contributed by atoms with Crippen molar-refractivity contribution >= 4 is 17.7 Å². The van der Waals surface area contributed by atoms with E-state index in [0.717, 1.165) is 25.2 Å². The van der Waals surface area contributed by atoms with Crippen LogP contribution in [-0.4, -0.2) is 29.9 Å². The lowest BCUT2D eigenvalue weighted by molar-refractivity contribution is -0.124. The quantitative estimate of drug-likeness (QED) is 0.877. The van der Waals surface area contributed by atoms with Crippen molar-refractivity contribution < 1.29 is 9.21 Å². The number of nitrogens with one attached hydrogen (secondary N) is 1. The van der Waals surface area contributed by atoms with Gasteiger partial charge in [0.05, 0.1) is 6.26 Å².